The number of rotatable bonds is 2. The topological polar surface area (TPSA) is 23.8 Å². The van der Waals surface area contributed by atoms with E-state index >= 15 is 0 Å². The summed E-state index contributed by atoms with van der Waals surface area (Å²) in [5.41, 5.74) is 2.63. The summed E-state index contributed by atoms with van der Waals surface area (Å²) < 4.78 is 38.4. The van der Waals surface area contributed by atoms with Gasteiger partial charge in [0.05, 0.1) is 11.6 Å². The molecule has 0 aliphatic rings. The van der Waals surface area contributed by atoms with Gasteiger partial charge in [-0.25, -0.2) is 13.2 Å². The molecule has 0 heterocycles. The largest absolute Gasteiger partial charge is 0.207 e. The standard InChI is InChI=1S/C10H12F2.C10H10FN.CH4/c1-6(2)10-7(3)4-8(11)5-9(10)12;1-7(2)10-4-3-9(11)5-8(10)6-12;/h4-6H,1-3H3;3-5,7H,1-2H3;1H4. The minimum atomic E-state index is -0.505. The summed E-state index contributed by atoms with van der Waals surface area (Å²) in [5, 5.41) is 8.68. The molecule has 4 heteroatoms. The molecule has 0 bridgehead atoms. The number of nitrogens with zero attached hydrogens (tertiary/aromatic N) is 1. The van der Waals surface area contributed by atoms with Gasteiger partial charge >= 0.3 is 0 Å². The summed E-state index contributed by atoms with van der Waals surface area (Å²) in [6.07, 6.45) is 0. The van der Waals surface area contributed by atoms with Gasteiger partial charge in [-0.05, 0) is 53.6 Å². The van der Waals surface area contributed by atoms with Crippen LogP contribution in [0.1, 0.15) is 69.2 Å². The molecule has 25 heavy (non-hydrogen) atoms. The minimum Gasteiger partial charge on any atom is -0.207 e. The van der Waals surface area contributed by atoms with Gasteiger partial charge in [-0.15, -0.1) is 0 Å². The summed E-state index contributed by atoms with van der Waals surface area (Å²) in [4.78, 5) is 0. The molecule has 0 spiro atoms. The third-order valence-electron chi connectivity index (χ3n) is 3.64. The van der Waals surface area contributed by atoms with Crippen molar-refractivity contribution in [2.24, 2.45) is 0 Å². The van der Waals surface area contributed by atoms with Crippen LogP contribution in [0.15, 0.2) is 30.3 Å². The van der Waals surface area contributed by atoms with Gasteiger partial charge in [0.1, 0.15) is 17.5 Å². The number of benzene rings is 2. The second-order valence-electron chi connectivity index (χ2n) is 6.27. The molecule has 2 aromatic carbocycles. The number of hydrogen-bond donors (Lipinski definition) is 0. The summed E-state index contributed by atoms with van der Waals surface area (Å²) in [6.45, 7) is 9.47. The molecule has 0 amide bonds. The van der Waals surface area contributed by atoms with Crippen molar-refractivity contribution < 1.29 is 13.2 Å². The molecule has 0 unspecified atom stereocenters. The molecular formula is C21H26F3N. The highest BCUT2D eigenvalue weighted by Gasteiger charge is 2.11. The lowest BCUT2D eigenvalue weighted by Gasteiger charge is -2.10. The van der Waals surface area contributed by atoms with Crippen LogP contribution < -0.4 is 0 Å². The van der Waals surface area contributed by atoms with E-state index in [0.717, 1.165) is 11.6 Å². The van der Waals surface area contributed by atoms with E-state index in [1.165, 1.54) is 18.2 Å². The van der Waals surface area contributed by atoms with Crippen LogP contribution in [0.3, 0.4) is 0 Å². The summed E-state index contributed by atoms with van der Waals surface area (Å²) in [6, 6.07) is 8.59. The number of halogens is 3. The average molecular weight is 349 g/mol. The Bertz CT molecular complexity index is 720. The fourth-order valence-electron chi connectivity index (χ4n) is 2.57. The molecule has 0 saturated heterocycles. The zero-order chi connectivity index (χ0) is 18.4. The van der Waals surface area contributed by atoms with E-state index in [9.17, 15) is 13.2 Å². The molecular weight excluding hydrogens is 323 g/mol. The second-order valence-corrected chi connectivity index (χ2v) is 6.27. The van der Waals surface area contributed by atoms with E-state index < -0.39 is 11.6 Å². The monoisotopic (exact) mass is 349 g/mol. The SMILES string of the molecule is C.CC(C)c1ccc(F)cc1C#N.Cc1cc(F)cc(F)c1C(C)C. The molecule has 0 saturated carbocycles. The molecule has 1 nitrogen and oxygen atoms in total. The number of aryl methyl sites for hydroxylation is 1. The van der Waals surface area contributed by atoms with E-state index in [-0.39, 0.29) is 25.1 Å². The lowest BCUT2D eigenvalue weighted by atomic mass is 9.97. The normalized spacial score (nSPS) is 9.96. The van der Waals surface area contributed by atoms with Crippen molar-refractivity contribution in [3.05, 3.63) is 70.0 Å². The van der Waals surface area contributed by atoms with Crippen molar-refractivity contribution in [2.45, 2.75) is 53.9 Å². The van der Waals surface area contributed by atoms with Crippen LogP contribution >= 0.6 is 0 Å². The Morgan fingerprint density at radius 2 is 1.48 bits per heavy atom. The Balaban J connectivity index is 0.000000443. The maximum atomic E-state index is 13.1. The van der Waals surface area contributed by atoms with Crippen molar-refractivity contribution >= 4 is 0 Å². The van der Waals surface area contributed by atoms with Crippen molar-refractivity contribution in [3.63, 3.8) is 0 Å². The molecule has 0 fully saturated rings. The molecule has 0 atom stereocenters. The van der Waals surface area contributed by atoms with Gasteiger partial charge in [0.2, 0.25) is 0 Å². The van der Waals surface area contributed by atoms with Crippen LogP contribution in [0.2, 0.25) is 0 Å². The first kappa shape index (κ1) is 22.7. The van der Waals surface area contributed by atoms with Crippen molar-refractivity contribution in [2.75, 3.05) is 0 Å². The van der Waals surface area contributed by atoms with Crippen molar-refractivity contribution in [3.8, 4) is 6.07 Å². The molecule has 2 aromatic rings. The molecule has 2 rings (SSSR count). The predicted molar refractivity (Wildman–Crippen MR) is 97.1 cm³/mol. The van der Waals surface area contributed by atoms with E-state index in [4.69, 9.17) is 5.26 Å². The van der Waals surface area contributed by atoms with E-state index in [1.54, 1.807) is 13.0 Å². The number of hydrogen-bond acceptors (Lipinski definition) is 1. The Morgan fingerprint density at radius 3 is 1.92 bits per heavy atom. The van der Waals surface area contributed by atoms with Gasteiger partial charge in [0.25, 0.3) is 0 Å². The third-order valence-corrected chi connectivity index (χ3v) is 3.64. The molecule has 0 radical (unpaired) electrons. The van der Waals surface area contributed by atoms with Crippen LogP contribution in [0.4, 0.5) is 13.2 Å². The highest BCUT2D eigenvalue weighted by molar-refractivity contribution is 5.39. The Labute approximate surface area is 149 Å². The van der Waals surface area contributed by atoms with Gasteiger partial charge in [0.15, 0.2) is 0 Å². The maximum absolute atomic E-state index is 13.1. The average Bonchev–Trinajstić information content (AvgIpc) is 2.45. The second kappa shape index (κ2) is 9.88. The highest BCUT2D eigenvalue weighted by Crippen LogP contribution is 2.23. The van der Waals surface area contributed by atoms with Crippen LogP contribution in [0.25, 0.3) is 0 Å². The van der Waals surface area contributed by atoms with E-state index in [1.807, 2.05) is 33.8 Å². The fourth-order valence-corrected chi connectivity index (χ4v) is 2.57. The first-order valence-electron chi connectivity index (χ1n) is 7.82. The van der Waals surface area contributed by atoms with E-state index in [2.05, 4.69) is 0 Å². The molecule has 0 aliphatic carbocycles. The summed E-state index contributed by atoms with van der Waals surface area (Å²) in [5.74, 6) is -0.932. The zero-order valence-corrected chi connectivity index (χ0v) is 14.6. The lowest BCUT2D eigenvalue weighted by Crippen LogP contribution is -1.97. The Hall–Kier alpha value is -2.28. The van der Waals surface area contributed by atoms with Gasteiger partial charge in [0, 0.05) is 6.07 Å². The minimum absolute atomic E-state index is 0. The molecule has 0 aromatic heterocycles. The third kappa shape index (κ3) is 6.26. The molecule has 0 N–H and O–H groups in total. The van der Waals surface area contributed by atoms with Crippen LogP contribution in [-0.4, -0.2) is 0 Å². The Morgan fingerprint density at radius 1 is 0.880 bits per heavy atom. The molecule has 0 aliphatic heterocycles. The van der Waals surface area contributed by atoms with Crippen LogP contribution in [-0.2, 0) is 0 Å². The molecule has 136 valence electrons. The fraction of sp³-hybridized carbons (Fsp3) is 0.381. The van der Waals surface area contributed by atoms with Gasteiger partial charge in [-0.3, -0.25) is 0 Å². The van der Waals surface area contributed by atoms with E-state index in [0.29, 0.717) is 16.7 Å². The first-order valence-corrected chi connectivity index (χ1v) is 7.82. The van der Waals surface area contributed by atoms with Crippen LogP contribution in [0, 0.1) is 35.7 Å². The summed E-state index contributed by atoms with van der Waals surface area (Å²) >= 11 is 0. The predicted octanol–water partition coefficient (Wildman–Crippen LogP) is 6.85. The quantitative estimate of drug-likeness (QED) is 0.581. The smallest absolute Gasteiger partial charge is 0.129 e. The first-order chi connectivity index (χ1) is 11.2. The van der Waals surface area contributed by atoms with Crippen LogP contribution in [0.5, 0.6) is 0 Å². The van der Waals surface area contributed by atoms with Gasteiger partial charge < -0.3 is 0 Å². The zero-order valence-electron chi connectivity index (χ0n) is 14.6. The number of nitriles is 1. The maximum Gasteiger partial charge on any atom is 0.129 e. The Kier molecular flexibility index (Phi) is 8.98. The summed E-state index contributed by atoms with van der Waals surface area (Å²) in [7, 11) is 0. The highest BCUT2D eigenvalue weighted by atomic mass is 19.1. The lowest BCUT2D eigenvalue weighted by molar-refractivity contribution is 0.562. The van der Waals surface area contributed by atoms with Gasteiger partial charge in [-0.2, -0.15) is 5.26 Å². The van der Waals surface area contributed by atoms with Gasteiger partial charge in [-0.1, -0.05) is 41.2 Å². The van der Waals surface area contributed by atoms with Crippen molar-refractivity contribution in [1.29, 1.82) is 5.26 Å². The van der Waals surface area contributed by atoms with Crippen molar-refractivity contribution in [1.82, 2.24) is 0 Å².